The minimum Gasteiger partial charge on any atom is -0.344 e. The molecular weight excluding hydrogens is 160 g/mol. The summed E-state index contributed by atoms with van der Waals surface area (Å²) in [6.45, 7) is 0. The van der Waals surface area contributed by atoms with E-state index in [2.05, 4.69) is 0 Å². The van der Waals surface area contributed by atoms with Crippen molar-refractivity contribution in [3.63, 3.8) is 0 Å². The molecule has 0 radical (unpaired) electrons. The molecule has 0 saturated heterocycles. The summed E-state index contributed by atoms with van der Waals surface area (Å²) in [6, 6.07) is 0. The van der Waals surface area contributed by atoms with E-state index < -0.39 is 12.3 Å². The highest BCUT2D eigenvalue weighted by molar-refractivity contribution is 5.85. The number of halogens is 3. The number of hydrogen-bond donors (Lipinski definition) is 1. The predicted molar refractivity (Wildman–Crippen MR) is 38.3 cm³/mol. The Morgan fingerprint density at radius 2 is 1.20 bits per heavy atom. The topological polar surface area (TPSA) is 35.0 Å². The summed E-state index contributed by atoms with van der Waals surface area (Å²) in [7, 11) is 0. The van der Waals surface area contributed by atoms with E-state index in [0.29, 0.717) is 0 Å². The molecule has 0 spiro atoms. The van der Waals surface area contributed by atoms with Crippen molar-refractivity contribution in [1.82, 2.24) is 6.15 Å². The van der Waals surface area contributed by atoms with E-state index in [4.69, 9.17) is 0 Å². The molecule has 2 fully saturated rings. The highest BCUT2D eigenvalue weighted by Gasteiger charge is 2.56. The second-order valence-corrected chi connectivity index (χ2v) is 2.79. The van der Waals surface area contributed by atoms with Gasteiger partial charge in [0.2, 0.25) is 0 Å². The van der Waals surface area contributed by atoms with Gasteiger partial charge in [0.05, 0.1) is 0 Å². The number of fused-ring (bicyclic) bond motifs is 1. The standard InChI is InChI=1S/C6H8F2.ClH.H3N/c7-5-3-1-2-4(3)6(5)8;;/h3-6H,1-2H2;1H;1H3. The van der Waals surface area contributed by atoms with Crippen LogP contribution in [-0.2, 0) is 0 Å². The Morgan fingerprint density at radius 1 is 0.900 bits per heavy atom. The molecule has 0 amide bonds. The number of hydrogen-bond acceptors (Lipinski definition) is 1. The van der Waals surface area contributed by atoms with E-state index in [-0.39, 0.29) is 30.4 Å². The van der Waals surface area contributed by atoms with Crippen LogP contribution in [-0.4, -0.2) is 12.3 Å². The molecule has 2 saturated carbocycles. The van der Waals surface area contributed by atoms with Crippen LogP contribution in [0.15, 0.2) is 0 Å². The minimum atomic E-state index is -1.10. The van der Waals surface area contributed by atoms with Gasteiger partial charge in [0.25, 0.3) is 0 Å². The average Bonchev–Trinajstić information content (AvgIpc) is 1.64. The Bertz CT molecular complexity index is 96.3. The Hall–Kier alpha value is 0.110. The van der Waals surface area contributed by atoms with Crippen molar-refractivity contribution in [3.05, 3.63) is 0 Å². The normalized spacial score (nSPS) is 48.6. The highest BCUT2D eigenvalue weighted by Crippen LogP contribution is 2.53. The molecule has 62 valence electrons. The quantitative estimate of drug-likeness (QED) is 0.596. The van der Waals surface area contributed by atoms with Crippen LogP contribution >= 0.6 is 12.4 Å². The molecule has 0 aromatic heterocycles. The van der Waals surface area contributed by atoms with Crippen LogP contribution in [0, 0.1) is 11.8 Å². The highest BCUT2D eigenvalue weighted by atomic mass is 35.5. The van der Waals surface area contributed by atoms with Gasteiger partial charge in [-0.15, -0.1) is 12.4 Å². The molecule has 3 N–H and O–H groups in total. The molecule has 0 aromatic rings. The van der Waals surface area contributed by atoms with Gasteiger partial charge in [-0.1, -0.05) is 0 Å². The first-order valence-electron chi connectivity index (χ1n) is 3.09. The van der Waals surface area contributed by atoms with E-state index in [9.17, 15) is 8.78 Å². The first kappa shape index (κ1) is 10.1. The molecule has 10 heavy (non-hydrogen) atoms. The maximum atomic E-state index is 12.2. The van der Waals surface area contributed by atoms with Crippen LogP contribution in [0.3, 0.4) is 0 Å². The minimum absolute atomic E-state index is 0. The fraction of sp³-hybridized carbons (Fsp3) is 1.00. The van der Waals surface area contributed by atoms with Crippen molar-refractivity contribution in [2.75, 3.05) is 0 Å². The van der Waals surface area contributed by atoms with Crippen molar-refractivity contribution in [2.45, 2.75) is 25.2 Å². The molecule has 2 aliphatic rings. The lowest BCUT2D eigenvalue weighted by molar-refractivity contribution is -0.128. The molecule has 0 heterocycles. The van der Waals surface area contributed by atoms with Crippen LogP contribution < -0.4 is 6.15 Å². The maximum absolute atomic E-state index is 12.2. The molecule has 4 atom stereocenters. The SMILES string of the molecule is Cl.FC1C(F)C2CCC12.N. The molecule has 4 unspecified atom stereocenters. The summed E-state index contributed by atoms with van der Waals surface area (Å²) in [6.07, 6.45) is -0.360. The van der Waals surface area contributed by atoms with E-state index in [1.807, 2.05) is 0 Å². The molecule has 0 bridgehead atoms. The van der Waals surface area contributed by atoms with E-state index in [1.54, 1.807) is 0 Å². The van der Waals surface area contributed by atoms with E-state index in [0.717, 1.165) is 12.8 Å². The summed E-state index contributed by atoms with van der Waals surface area (Å²) in [5.74, 6) is 0.231. The van der Waals surface area contributed by atoms with Gasteiger partial charge >= 0.3 is 0 Å². The van der Waals surface area contributed by atoms with Crippen LogP contribution in [0.1, 0.15) is 12.8 Å². The van der Waals surface area contributed by atoms with Gasteiger partial charge in [-0.2, -0.15) is 0 Å². The van der Waals surface area contributed by atoms with Crippen LogP contribution in [0.5, 0.6) is 0 Å². The van der Waals surface area contributed by atoms with Gasteiger partial charge in [0, 0.05) is 0 Å². The summed E-state index contributed by atoms with van der Waals surface area (Å²) in [5.41, 5.74) is 0. The third-order valence-electron chi connectivity index (χ3n) is 2.51. The van der Waals surface area contributed by atoms with Crippen molar-refractivity contribution < 1.29 is 8.78 Å². The van der Waals surface area contributed by atoms with E-state index in [1.165, 1.54) is 0 Å². The van der Waals surface area contributed by atoms with E-state index >= 15 is 0 Å². The summed E-state index contributed by atoms with van der Waals surface area (Å²) in [4.78, 5) is 0. The summed E-state index contributed by atoms with van der Waals surface area (Å²) >= 11 is 0. The zero-order valence-corrected chi connectivity index (χ0v) is 6.41. The Morgan fingerprint density at radius 3 is 1.30 bits per heavy atom. The monoisotopic (exact) mass is 171 g/mol. The zero-order chi connectivity index (χ0) is 5.72. The largest absolute Gasteiger partial charge is 0.344 e. The van der Waals surface area contributed by atoms with Gasteiger partial charge in [-0.3, -0.25) is 0 Å². The smallest absolute Gasteiger partial charge is 0.135 e. The lowest BCUT2D eigenvalue weighted by atomic mass is 9.57. The first-order valence-corrected chi connectivity index (χ1v) is 3.09. The molecule has 0 aromatic carbocycles. The number of alkyl halides is 2. The fourth-order valence-electron chi connectivity index (χ4n) is 1.67. The van der Waals surface area contributed by atoms with Crippen molar-refractivity contribution in [1.29, 1.82) is 0 Å². The van der Waals surface area contributed by atoms with Crippen molar-refractivity contribution >= 4 is 12.4 Å². The fourth-order valence-corrected chi connectivity index (χ4v) is 1.67. The third kappa shape index (κ3) is 0.920. The molecule has 2 rings (SSSR count). The average molecular weight is 172 g/mol. The van der Waals surface area contributed by atoms with Crippen LogP contribution in [0.4, 0.5) is 8.78 Å². The zero-order valence-electron chi connectivity index (χ0n) is 5.59. The van der Waals surface area contributed by atoms with Crippen molar-refractivity contribution in [2.24, 2.45) is 11.8 Å². The van der Waals surface area contributed by atoms with Crippen LogP contribution in [0.25, 0.3) is 0 Å². The Kier molecular flexibility index (Phi) is 3.04. The molecule has 4 heteroatoms. The Labute approximate surface area is 65.2 Å². The van der Waals surface area contributed by atoms with Gasteiger partial charge in [-0.05, 0) is 24.7 Å². The first-order chi connectivity index (χ1) is 3.80. The van der Waals surface area contributed by atoms with Gasteiger partial charge in [0.1, 0.15) is 12.3 Å². The van der Waals surface area contributed by atoms with Gasteiger partial charge < -0.3 is 6.15 Å². The lowest BCUT2D eigenvalue weighted by Gasteiger charge is -2.51. The molecular formula is C6H12ClF2N. The second kappa shape index (κ2) is 3.01. The molecule has 2 aliphatic carbocycles. The van der Waals surface area contributed by atoms with Crippen LogP contribution in [0.2, 0.25) is 0 Å². The lowest BCUT2D eigenvalue weighted by Crippen LogP contribution is -2.56. The third-order valence-corrected chi connectivity index (χ3v) is 2.51. The second-order valence-electron chi connectivity index (χ2n) is 2.79. The Balaban J connectivity index is 0.000000405. The van der Waals surface area contributed by atoms with Gasteiger partial charge in [-0.25, -0.2) is 8.78 Å². The maximum Gasteiger partial charge on any atom is 0.135 e. The molecule has 0 aliphatic heterocycles. The summed E-state index contributed by atoms with van der Waals surface area (Å²) in [5, 5.41) is 0. The predicted octanol–water partition coefficient (Wildman–Crippen LogP) is 2.29. The number of rotatable bonds is 0. The molecule has 1 nitrogen and oxygen atoms in total. The van der Waals surface area contributed by atoms with Crippen molar-refractivity contribution in [3.8, 4) is 0 Å². The van der Waals surface area contributed by atoms with Gasteiger partial charge in [0.15, 0.2) is 0 Å². The summed E-state index contributed by atoms with van der Waals surface area (Å²) < 4.78 is 24.5.